The van der Waals surface area contributed by atoms with Crippen LogP contribution >= 0.6 is 0 Å². The standard InChI is InChI=1S/C13H18O3Si/c1-10-9-11-7-5-6-8-12(11)13(10)17(14-2,15-3)16-4/h5-9,13H,1-4H3. The molecule has 0 fully saturated rings. The van der Waals surface area contributed by atoms with Gasteiger partial charge in [-0.25, -0.2) is 0 Å². The maximum absolute atomic E-state index is 5.60. The van der Waals surface area contributed by atoms with Crippen LogP contribution in [0.25, 0.3) is 6.08 Å². The van der Waals surface area contributed by atoms with E-state index >= 15 is 0 Å². The van der Waals surface area contributed by atoms with Gasteiger partial charge in [-0.15, -0.1) is 0 Å². The molecule has 1 atom stereocenters. The third kappa shape index (κ3) is 1.87. The first-order chi connectivity index (χ1) is 8.18. The van der Waals surface area contributed by atoms with Crippen molar-refractivity contribution in [1.29, 1.82) is 0 Å². The van der Waals surface area contributed by atoms with Gasteiger partial charge in [0.25, 0.3) is 0 Å². The van der Waals surface area contributed by atoms with E-state index in [4.69, 9.17) is 13.3 Å². The van der Waals surface area contributed by atoms with Gasteiger partial charge in [-0.3, -0.25) is 0 Å². The Kier molecular flexibility index (Phi) is 3.49. The molecule has 0 bridgehead atoms. The maximum Gasteiger partial charge on any atom is 0.512 e. The molecule has 2 rings (SSSR count). The van der Waals surface area contributed by atoms with Gasteiger partial charge in [0.1, 0.15) is 0 Å². The van der Waals surface area contributed by atoms with Gasteiger partial charge in [-0.05, 0) is 18.1 Å². The van der Waals surface area contributed by atoms with Gasteiger partial charge in [0, 0.05) is 21.3 Å². The molecular formula is C13H18O3Si. The van der Waals surface area contributed by atoms with Crippen LogP contribution in [0.15, 0.2) is 29.8 Å². The molecule has 0 saturated heterocycles. The van der Waals surface area contributed by atoms with Crippen LogP contribution in [0.1, 0.15) is 23.6 Å². The molecule has 0 aliphatic heterocycles. The van der Waals surface area contributed by atoms with E-state index in [9.17, 15) is 0 Å². The van der Waals surface area contributed by atoms with Crippen LogP contribution in [0.3, 0.4) is 0 Å². The van der Waals surface area contributed by atoms with Crippen LogP contribution in [-0.2, 0) is 13.3 Å². The van der Waals surface area contributed by atoms with Gasteiger partial charge in [-0.1, -0.05) is 35.9 Å². The first kappa shape index (κ1) is 12.5. The lowest BCUT2D eigenvalue weighted by atomic mass is 10.1. The Hall–Kier alpha value is -0.943. The number of rotatable bonds is 4. The van der Waals surface area contributed by atoms with Crippen LogP contribution < -0.4 is 0 Å². The average Bonchev–Trinajstić information content (AvgIpc) is 2.70. The summed E-state index contributed by atoms with van der Waals surface area (Å²) in [5.74, 6) is 0. The molecule has 1 aromatic rings. The monoisotopic (exact) mass is 250 g/mol. The summed E-state index contributed by atoms with van der Waals surface area (Å²) in [5.41, 5.74) is 3.82. The molecule has 0 amide bonds. The zero-order valence-electron chi connectivity index (χ0n) is 10.7. The molecule has 0 N–H and O–H groups in total. The number of fused-ring (bicyclic) bond motifs is 1. The van der Waals surface area contributed by atoms with Crippen molar-refractivity contribution in [2.45, 2.75) is 12.5 Å². The van der Waals surface area contributed by atoms with Gasteiger partial charge >= 0.3 is 8.80 Å². The minimum Gasteiger partial charge on any atom is -0.376 e. The Morgan fingerprint density at radius 2 is 1.59 bits per heavy atom. The molecule has 1 unspecified atom stereocenters. The van der Waals surface area contributed by atoms with Crippen molar-refractivity contribution in [3.63, 3.8) is 0 Å². The number of benzene rings is 1. The van der Waals surface area contributed by atoms with E-state index in [1.807, 2.05) is 12.1 Å². The Morgan fingerprint density at radius 1 is 1.00 bits per heavy atom. The van der Waals surface area contributed by atoms with Crippen LogP contribution in [0, 0.1) is 0 Å². The van der Waals surface area contributed by atoms with E-state index in [-0.39, 0.29) is 5.54 Å². The molecule has 3 nitrogen and oxygen atoms in total. The fourth-order valence-electron chi connectivity index (χ4n) is 2.55. The summed E-state index contributed by atoms with van der Waals surface area (Å²) in [4.78, 5) is 0. The SMILES string of the molecule is CO[Si](OC)(OC)C1C(C)=Cc2ccccc21. The van der Waals surface area contributed by atoms with Crippen molar-refractivity contribution in [2.24, 2.45) is 0 Å². The van der Waals surface area contributed by atoms with Crippen molar-refractivity contribution in [1.82, 2.24) is 0 Å². The molecule has 0 radical (unpaired) electrons. The van der Waals surface area contributed by atoms with Gasteiger partial charge < -0.3 is 13.3 Å². The molecule has 1 aromatic carbocycles. The largest absolute Gasteiger partial charge is 0.512 e. The van der Waals surface area contributed by atoms with Gasteiger partial charge in [0.05, 0.1) is 5.54 Å². The van der Waals surface area contributed by atoms with Crippen molar-refractivity contribution in [3.8, 4) is 0 Å². The average molecular weight is 250 g/mol. The van der Waals surface area contributed by atoms with Crippen molar-refractivity contribution in [2.75, 3.05) is 21.3 Å². The fraction of sp³-hybridized carbons (Fsp3) is 0.385. The molecule has 1 aliphatic rings. The minimum absolute atomic E-state index is 0.110. The van der Waals surface area contributed by atoms with Gasteiger partial charge in [0.2, 0.25) is 0 Å². The summed E-state index contributed by atoms with van der Waals surface area (Å²) in [6, 6.07) is 8.31. The Bertz CT molecular complexity index is 430. The summed E-state index contributed by atoms with van der Waals surface area (Å²) < 4.78 is 16.8. The van der Waals surface area contributed by atoms with Crippen LogP contribution in [-0.4, -0.2) is 30.1 Å². The second-order valence-corrected chi connectivity index (χ2v) is 7.18. The second kappa shape index (κ2) is 4.74. The first-order valence-corrected chi connectivity index (χ1v) is 7.41. The van der Waals surface area contributed by atoms with E-state index in [0.717, 1.165) is 0 Å². The molecule has 0 aromatic heterocycles. The predicted octanol–water partition coefficient (Wildman–Crippen LogP) is 2.60. The molecule has 1 aliphatic carbocycles. The molecule has 0 saturated carbocycles. The molecule has 17 heavy (non-hydrogen) atoms. The van der Waals surface area contributed by atoms with Crippen molar-refractivity contribution in [3.05, 3.63) is 41.0 Å². The molecular weight excluding hydrogens is 232 g/mol. The van der Waals surface area contributed by atoms with Crippen LogP contribution in [0.5, 0.6) is 0 Å². The van der Waals surface area contributed by atoms with Gasteiger partial charge in [0.15, 0.2) is 0 Å². The van der Waals surface area contributed by atoms with E-state index in [0.29, 0.717) is 0 Å². The zero-order chi connectivity index (χ0) is 12.5. The van der Waals surface area contributed by atoms with Crippen LogP contribution in [0.2, 0.25) is 0 Å². The highest BCUT2D eigenvalue weighted by molar-refractivity contribution is 6.63. The lowest BCUT2D eigenvalue weighted by Crippen LogP contribution is -2.49. The Morgan fingerprint density at radius 3 is 2.18 bits per heavy atom. The normalized spacial score (nSPS) is 19.1. The topological polar surface area (TPSA) is 27.7 Å². The highest BCUT2D eigenvalue weighted by Gasteiger charge is 2.51. The summed E-state index contributed by atoms with van der Waals surface area (Å²) in [7, 11) is 2.31. The Balaban J connectivity index is 2.49. The number of allylic oxidation sites excluding steroid dienone is 1. The molecule has 92 valence electrons. The minimum atomic E-state index is -2.67. The maximum atomic E-state index is 5.60. The van der Waals surface area contributed by atoms with Crippen molar-refractivity contribution >= 4 is 14.9 Å². The third-order valence-electron chi connectivity index (χ3n) is 3.35. The predicted molar refractivity (Wildman–Crippen MR) is 69.6 cm³/mol. The quantitative estimate of drug-likeness (QED) is 0.769. The summed E-state index contributed by atoms with van der Waals surface area (Å²) >= 11 is 0. The van der Waals surface area contributed by atoms with E-state index in [1.165, 1.54) is 16.7 Å². The van der Waals surface area contributed by atoms with Crippen molar-refractivity contribution < 1.29 is 13.3 Å². The second-order valence-electron chi connectivity index (χ2n) is 4.17. The summed E-state index contributed by atoms with van der Waals surface area (Å²) in [6.45, 7) is 2.10. The first-order valence-electron chi connectivity index (χ1n) is 5.61. The smallest absolute Gasteiger partial charge is 0.376 e. The zero-order valence-corrected chi connectivity index (χ0v) is 11.7. The molecule has 0 heterocycles. The van der Waals surface area contributed by atoms with E-state index in [1.54, 1.807) is 21.3 Å². The summed E-state index contributed by atoms with van der Waals surface area (Å²) in [5, 5.41) is 0. The third-order valence-corrected chi connectivity index (χ3v) is 6.53. The molecule has 0 spiro atoms. The fourth-order valence-corrected chi connectivity index (χ4v) is 5.04. The van der Waals surface area contributed by atoms with Crippen LogP contribution in [0.4, 0.5) is 0 Å². The molecule has 4 heteroatoms. The lowest BCUT2D eigenvalue weighted by Gasteiger charge is -2.31. The number of hydrogen-bond donors (Lipinski definition) is 0. The highest BCUT2D eigenvalue weighted by Crippen LogP contribution is 2.42. The Labute approximate surface area is 103 Å². The van der Waals surface area contributed by atoms with Gasteiger partial charge in [-0.2, -0.15) is 0 Å². The van der Waals surface area contributed by atoms with E-state index < -0.39 is 8.80 Å². The number of hydrogen-bond acceptors (Lipinski definition) is 3. The lowest BCUT2D eigenvalue weighted by molar-refractivity contribution is 0.116. The summed E-state index contributed by atoms with van der Waals surface area (Å²) in [6.07, 6.45) is 2.18. The highest BCUT2D eigenvalue weighted by atomic mass is 28.4. The van der Waals surface area contributed by atoms with E-state index in [2.05, 4.69) is 25.1 Å².